The maximum Gasteiger partial charge on any atom is 0.266 e. The summed E-state index contributed by atoms with van der Waals surface area (Å²) in [6.45, 7) is 1.13. The summed E-state index contributed by atoms with van der Waals surface area (Å²) >= 11 is 6.35. The van der Waals surface area contributed by atoms with E-state index in [1.807, 2.05) is 10.8 Å². The Labute approximate surface area is 165 Å². The average molecular weight is 404 g/mol. The monoisotopic (exact) mass is 404 g/mol. The van der Waals surface area contributed by atoms with Gasteiger partial charge in [-0.05, 0) is 30.2 Å². The van der Waals surface area contributed by atoms with Gasteiger partial charge in [-0.15, -0.1) is 0 Å². The first-order valence-electron chi connectivity index (χ1n) is 8.26. The highest BCUT2D eigenvalue weighted by Gasteiger charge is 2.33. The van der Waals surface area contributed by atoms with Gasteiger partial charge in [-0.25, -0.2) is 9.37 Å². The van der Waals surface area contributed by atoms with Crippen LogP contribution < -0.4 is 5.32 Å². The van der Waals surface area contributed by atoms with Crippen molar-refractivity contribution in [2.45, 2.75) is 13.0 Å². The van der Waals surface area contributed by atoms with Crippen LogP contribution in [0.3, 0.4) is 0 Å². The second kappa shape index (κ2) is 8.92. The summed E-state index contributed by atoms with van der Waals surface area (Å²) in [6.07, 6.45) is 7.67. The number of halogens is 1. The first-order valence-corrected chi connectivity index (χ1v) is 9.49. The summed E-state index contributed by atoms with van der Waals surface area (Å²) < 4.78 is 15.2. The van der Waals surface area contributed by atoms with E-state index in [-0.39, 0.29) is 24.2 Å². The van der Waals surface area contributed by atoms with Gasteiger partial charge in [-0.2, -0.15) is 0 Å². The lowest BCUT2D eigenvalue weighted by Gasteiger charge is -2.14. The smallest absolute Gasteiger partial charge is 0.266 e. The second-order valence-corrected chi connectivity index (χ2v) is 7.50. The third-order valence-electron chi connectivity index (χ3n) is 3.82. The van der Waals surface area contributed by atoms with E-state index in [0.717, 1.165) is 24.7 Å². The van der Waals surface area contributed by atoms with Crippen LogP contribution >= 0.6 is 24.0 Å². The van der Waals surface area contributed by atoms with Crippen molar-refractivity contribution >= 4 is 46.2 Å². The number of carbonyl (C=O) groups is 2. The normalized spacial score (nSPS) is 15.6. The van der Waals surface area contributed by atoms with Crippen LogP contribution in [0.25, 0.3) is 6.08 Å². The Hall–Kier alpha value is -2.52. The molecule has 3 rings (SSSR count). The molecular weight excluding hydrogens is 387 g/mol. The molecule has 1 aliphatic heterocycles. The van der Waals surface area contributed by atoms with E-state index < -0.39 is 0 Å². The SMILES string of the molecule is O=C(CN1C(=O)C(=Cc2ccc(F)cc2)SC1=S)NCCCn1ccnc1. The summed E-state index contributed by atoms with van der Waals surface area (Å²) in [6, 6.07) is 5.80. The van der Waals surface area contributed by atoms with Crippen LogP contribution in [0.1, 0.15) is 12.0 Å². The molecule has 1 N–H and O–H groups in total. The summed E-state index contributed by atoms with van der Waals surface area (Å²) in [5.41, 5.74) is 0.695. The molecule has 0 spiro atoms. The predicted molar refractivity (Wildman–Crippen MR) is 106 cm³/mol. The van der Waals surface area contributed by atoms with Crippen LogP contribution in [0.4, 0.5) is 4.39 Å². The highest BCUT2D eigenvalue weighted by Crippen LogP contribution is 2.32. The Bertz CT molecular complexity index is 866. The maximum atomic E-state index is 13.0. The zero-order valence-electron chi connectivity index (χ0n) is 14.3. The van der Waals surface area contributed by atoms with Crippen LogP contribution in [0.2, 0.25) is 0 Å². The number of nitrogens with zero attached hydrogens (tertiary/aromatic N) is 3. The van der Waals surface area contributed by atoms with Gasteiger partial charge in [0.05, 0.1) is 11.2 Å². The molecule has 1 aliphatic rings. The number of rotatable bonds is 7. The van der Waals surface area contributed by atoms with Crippen molar-refractivity contribution in [1.82, 2.24) is 19.8 Å². The highest BCUT2D eigenvalue weighted by atomic mass is 32.2. The Morgan fingerprint density at radius 1 is 1.33 bits per heavy atom. The fourth-order valence-corrected chi connectivity index (χ4v) is 3.71. The number of amides is 2. The Kier molecular flexibility index (Phi) is 6.36. The molecular formula is C18H17FN4O2S2. The lowest BCUT2D eigenvalue weighted by atomic mass is 10.2. The molecule has 0 atom stereocenters. The molecule has 2 amide bonds. The van der Waals surface area contributed by atoms with Gasteiger partial charge >= 0.3 is 0 Å². The minimum absolute atomic E-state index is 0.115. The van der Waals surface area contributed by atoms with Gasteiger partial charge in [0.15, 0.2) is 0 Å². The molecule has 0 saturated carbocycles. The van der Waals surface area contributed by atoms with Crippen molar-refractivity contribution in [1.29, 1.82) is 0 Å². The van der Waals surface area contributed by atoms with Crippen molar-refractivity contribution < 1.29 is 14.0 Å². The van der Waals surface area contributed by atoms with Crippen molar-refractivity contribution in [3.8, 4) is 0 Å². The van der Waals surface area contributed by atoms with Gasteiger partial charge in [0.2, 0.25) is 5.91 Å². The molecule has 27 heavy (non-hydrogen) atoms. The molecule has 6 nitrogen and oxygen atoms in total. The molecule has 1 aromatic carbocycles. The number of nitrogens with one attached hydrogen (secondary N) is 1. The van der Waals surface area contributed by atoms with Gasteiger partial charge in [-0.1, -0.05) is 36.1 Å². The van der Waals surface area contributed by atoms with E-state index in [1.165, 1.54) is 17.0 Å². The van der Waals surface area contributed by atoms with E-state index in [9.17, 15) is 14.0 Å². The zero-order chi connectivity index (χ0) is 19.2. The van der Waals surface area contributed by atoms with E-state index in [0.29, 0.717) is 21.3 Å². The van der Waals surface area contributed by atoms with E-state index in [2.05, 4.69) is 10.3 Å². The third-order valence-corrected chi connectivity index (χ3v) is 5.20. The summed E-state index contributed by atoms with van der Waals surface area (Å²) in [4.78, 5) is 30.2. The van der Waals surface area contributed by atoms with Crippen LogP contribution in [0.5, 0.6) is 0 Å². The second-order valence-electron chi connectivity index (χ2n) is 5.82. The Morgan fingerprint density at radius 2 is 2.11 bits per heavy atom. The number of imidazole rings is 1. The number of benzene rings is 1. The zero-order valence-corrected chi connectivity index (χ0v) is 15.9. The molecule has 0 radical (unpaired) electrons. The standard InChI is InChI=1S/C18H17FN4O2S2/c19-14-4-2-13(3-5-14)10-15-17(25)23(18(26)27-15)11-16(24)21-6-1-8-22-9-7-20-12-22/h2-5,7,9-10,12H,1,6,8,11H2,(H,21,24). The first-order chi connectivity index (χ1) is 13.0. The van der Waals surface area contributed by atoms with E-state index in [4.69, 9.17) is 12.2 Å². The van der Waals surface area contributed by atoms with E-state index >= 15 is 0 Å². The lowest BCUT2D eigenvalue weighted by molar-refractivity contribution is -0.128. The fourth-order valence-electron chi connectivity index (χ4n) is 2.45. The Morgan fingerprint density at radius 3 is 2.81 bits per heavy atom. The van der Waals surface area contributed by atoms with Gasteiger partial charge in [0, 0.05) is 25.5 Å². The molecule has 140 valence electrons. The van der Waals surface area contributed by atoms with Crippen molar-refractivity contribution in [2.24, 2.45) is 0 Å². The predicted octanol–water partition coefficient (Wildman–Crippen LogP) is 2.43. The molecule has 2 heterocycles. The third kappa shape index (κ3) is 5.24. The average Bonchev–Trinajstić information content (AvgIpc) is 3.25. The number of aromatic nitrogens is 2. The molecule has 9 heteroatoms. The van der Waals surface area contributed by atoms with Crippen LogP contribution in [0, 0.1) is 5.82 Å². The maximum absolute atomic E-state index is 13.0. The molecule has 1 fully saturated rings. The van der Waals surface area contributed by atoms with Gasteiger partial charge < -0.3 is 9.88 Å². The Balaban J connectivity index is 1.50. The number of aryl methyl sites for hydroxylation is 1. The molecule has 1 saturated heterocycles. The van der Waals surface area contributed by atoms with Crippen LogP contribution in [-0.2, 0) is 16.1 Å². The van der Waals surface area contributed by atoms with Crippen LogP contribution in [0.15, 0.2) is 47.9 Å². The minimum atomic E-state index is -0.343. The first kappa shape index (κ1) is 19.2. The molecule has 0 bridgehead atoms. The molecule has 0 aliphatic carbocycles. The number of hydrogen-bond donors (Lipinski definition) is 1. The van der Waals surface area contributed by atoms with Crippen LogP contribution in [-0.4, -0.2) is 43.7 Å². The summed E-state index contributed by atoms with van der Waals surface area (Å²) in [5, 5.41) is 2.79. The number of thiocarbonyl (C=S) groups is 1. The highest BCUT2D eigenvalue weighted by molar-refractivity contribution is 8.26. The van der Waals surface area contributed by atoms with Gasteiger partial charge in [0.25, 0.3) is 5.91 Å². The number of hydrogen-bond acceptors (Lipinski definition) is 5. The van der Waals surface area contributed by atoms with Gasteiger partial charge in [-0.3, -0.25) is 14.5 Å². The molecule has 2 aromatic rings. The van der Waals surface area contributed by atoms with Crippen molar-refractivity contribution in [3.63, 3.8) is 0 Å². The number of carbonyl (C=O) groups excluding carboxylic acids is 2. The lowest BCUT2D eigenvalue weighted by Crippen LogP contribution is -2.39. The number of thioether (sulfide) groups is 1. The largest absolute Gasteiger partial charge is 0.354 e. The van der Waals surface area contributed by atoms with Crippen molar-refractivity contribution in [2.75, 3.05) is 13.1 Å². The molecule has 1 aromatic heterocycles. The summed E-state index contributed by atoms with van der Waals surface area (Å²) in [5.74, 6) is -0.924. The summed E-state index contributed by atoms with van der Waals surface area (Å²) in [7, 11) is 0. The minimum Gasteiger partial charge on any atom is -0.354 e. The fraction of sp³-hybridized carbons (Fsp3) is 0.222. The topological polar surface area (TPSA) is 67.2 Å². The molecule has 0 unspecified atom stereocenters. The quantitative estimate of drug-likeness (QED) is 0.436. The van der Waals surface area contributed by atoms with E-state index in [1.54, 1.807) is 30.7 Å². The van der Waals surface area contributed by atoms with Gasteiger partial charge in [0.1, 0.15) is 16.7 Å². The van der Waals surface area contributed by atoms with Crippen molar-refractivity contribution in [3.05, 3.63) is 59.3 Å².